The molecular weight excluding hydrogens is 440 g/mol. The van der Waals surface area contributed by atoms with E-state index in [1.54, 1.807) is 18.5 Å². The normalized spacial score (nSPS) is 21.6. The summed E-state index contributed by atoms with van der Waals surface area (Å²) in [6.07, 6.45) is 3.62. The van der Waals surface area contributed by atoms with Crippen LogP contribution in [0.2, 0.25) is 0 Å². The van der Waals surface area contributed by atoms with Crippen LogP contribution in [-0.2, 0) is 0 Å². The van der Waals surface area contributed by atoms with Crippen LogP contribution in [0.25, 0.3) is 16.5 Å². The van der Waals surface area contributed by atoms with E-state index in [0.717, 1.165) is 11.3 Å². The molecule has 6 nitrogen and oxygen atoms in total. The highest BCUT2D eigenvalue weighted by molar-refractivity contribution is 7.96. The fourth-order valence-corrected chi connectivity index (χ4v) is 4.79. The second-order valence-electron chi connectivity index (χ2n) is 7.20. The third kappa shape index (κ3) is 3.87. The summed E-state index contributed by atoms with van der Waals surface area (Å²) in [5.41, 5.74) is 0.478. The van der Waals surface area contributed by atoms with Gasteiger partial charge in [-0.2, -0.15) is 0 Å². The Balaban J connectivity index is 1.63. The van der Waals surface area contributed by atoms with Gasteiger partial charge >= 0.3 is 0 Å². The molecule has 3 aromatic heterocycles. The summed E-state index contributed by atoms with van der Waals surface area (Å²) in [5.74, 6) is -3.66. The molecule has 4 rings (SSSR count). The smallest absolute Gasteiger partial charge is 0.274 e. The SMILES string of the molecule is CSNCC1CN(c2ccnc(-c3cnc4sc(C(F)F)cn34)n2)CC(C)C1(F)F. The molecule has 1 aliphatic heterocycles. The van der Waals surface area contributed by atoms with E-state index < -0.39 is 24.2 Å². The van der Waals surface area contributed by atoms with Gasteiger partial charge < -0.3 is 4.90 Å². The highest BCUT2D eigenvalue weighted by Crippen LogP contribution is 2.39. The van der Waals surface area contributed by atoms with Crippen LogP contribution in [0.5, 0.6) is 0 Å². The molecule has 2 atom stereocenters. The number of rotatable bonds is 6. The lowest BCUT2D eigenvalue weighted by Crippen LogP contribution is -2.55. The van der Waals surface area contributed by atoms with E-state index in [4.69, 9.17) is 0 Å². The van der Waals surface area contributed by atoms with Gasteiger partial charge in [0.05, 0.1) is 17.0 Å². The lowest BCUT2D eigenvalue weighted by molar-refractivity contribution is -0.108. The molecule has 162 valence electrons. The van der Waals surface area contributed by atoms with Crippen molar-refractivity contribution in [3.05, 3.63) is 29.5 Å². The third-order valence-corrected chi connectivity index (χ3v) is 6.71. The number of nitrogens with one attached hydrogen (secondary N) is 1. The Morgan fingerprint density at radius 2 is 2.13 bits per heavy atom. The van der Waals surface area contributed by atoms with Crippen LogP contribution in [-0.4, -0.2) is 51.2 Å². The fourth-order valence-electron chi connectivity index (χ4n) is 3.61. The Kier molecular flexibility index (Phi) is 5.90. The van der Waals surface area contributed by atoms with E-state index in [9.17, 15) is 17.6 Å². The van der Waals surface area contributed by atoms with Crippen molar-refractivity contribution in [1.82, 2.24) is 24.1 Å². The van der Waals surface area contributed by atoms with Gasteiger partial charge in [0.1, 0.15) is 11.5 Å². The zero-order chi connectivity index (χ0) is 21.5. The molecule has 0 radical (unpaired) electrons. The van der Waals surface area contributed by atoms with Crippen molar-refractivity contribution in [3.63, 3.8) is 0 Å². The molecule has 0 aromatic carbocycles. The molecule has 1 aliphatic rings. The maximum absolute atomic E-state index is 14.6. The monoisotopic (exact) mass is 460 g/mol. The van der Waals surface area contributed by atoms with E-state index >= 15 is 0 Å². The number of fused-ring (bicyclic) bond motifs is 1. The molecule has 0 aliphatic carbocycles. The molecule has 0 saturated carbocycles. The molecule has 0 spiro atoms. The van der Waals surface area contributed by atoms with Crippen LogP contribution in [0.3, 0.4) is 0 Å². The molecule has 30 heavy (non-hydrogen) atoms. The van der Waals surface area contributed by atoms with Gasteiger partial charge in [0.25, 0.3) is 12.3 Å². The van der Waals surface area contributed by atoms with Gasteiger partial charge in [0.2, 0.25) is 0 Å². The standard InChI is InChI=1S/C18H20F4N6S2/c1-10-7-27(8-11(5-25-29-2)18(10,21)22)14-3-4-23-16(26-14)12-6-24-17-28(12)9-13(30-17)15(19)20/h3-4,6,9-11,15,25H,5,7-8H2,1-2H3. The Morgan fingerprint density at radius 3 is 2.87 bits per heavy atom. The quantitative estimate of drug-likeness (QED) is 0.436. The highest BCUT2D eigenvalue weighted by atomic mass is 32.2. The number of thiazole rings is 1. The number of imidazole rings is 1. The minimum atomic E-state index is -2.78. The number of aromatic nitrogens is 4. The summed E-state index contributed by atoms with van der Waals surface area (Å²) in [6, 6.07) is 1.68. The predicted molar refractivity (Wildman–Crippen MR) is 110 cm³/mol. The predicted octanol–water partition coefficient (Wildman–Crippen LogP) is 4.37. The van der Waals surface area contributed by atoms with E-state index in [1.807, 2.05) is 4.90 Å². The molecule has 12 heteroatoms. The largest absolute Gasteiger partial charge is 0.355 e. The van der Waals surface area contributed by atoms with Gasteiger partial charge in [-0.3, -0.25) is 9.12 Å². The van der Waals surface area contributed by atoms with Crippen LogP contribution in [0, 0.1) is 11.8 Å². The van der Waals surface area contributed by atoms with Crippen LogP contribution in [0.15, 0.2) is 24.7 Å². The van der Waals surface area contributed by atoms with Gasteiger partial charge in [0, 0.05) is 37.9 Å². The van der Waals surface area contributed by atoms with Crippen molar-refractivity contribution in [3.8, 4) is 11.5 Å². The Bertz CT molecular complexity index is 1020. The summed E-state index contributed by atoms with van der Waals surface area (Å²) < 4.78 is 59.8. The second-order valence-corrected chi connectivity index (χ2v) is 8.94. The van der Waals surface area contributed by atoms with Crippen molar-refractivity contribution in [2.45, 2.75) is 19.3 Å². The molecule has 2 unspecified atom stereocenters. The summed E-state index contributed by atoms with van der Waals surface area (Å²) in [5, 5.41) is 0. The molecule has 0 bridgehead atoms. The van der Waals surface area contributed by atoms with Crippen molar-refractivity contribution >= 4 is 34.1 Å². The number of hydrogen-bond donors (Lipinski definition) is 1. The lowest BCUT2D eigenvalue weighted by atomic mass is 9.86. The van der Waals surface area contributed by atoms with Crippen LogP contribution >= 0.6 is 23.3 Å². The number of hydrogen-bond acceptors (Lipinski definition) is 7. The van der Waals surface area contributed by atoms with Crippen molar-refractivity contribution < 1.29 is 17.6 Å². The first-order valence-corrected chi connectivity index (χ1v) is 11.3. The van der Waals surface area contributed by atoms with E-state index in [-0.39, 0.29) is 24.5 Å². The Labute approximate surface area is 178 Å². The maximum Gasteiger partial charge on any atom is 0.274 e. The van der Waals surface area contributed by atoms with Gasteiger partial charge in [-0.1, -0.05) is 30.2 Å². The van der Waals surface area contributed by atoms with Crippen LogP contribution in [0.1, 0.15) is 18.2 Å². The van der Waals surface area contributed by atoms with Gasteiger partial charge in [-0.25, -0.2) is 32.5 Å². The Morgan fingerprint density at radius 1 is 1.33 bits per heavy atom. The van der Waals surface area contributed by atoms with Gasteiger partial charge in [-0.05, 0) is 12.3 Å². The van der Waals surface area contributed by atoms with Crippen LogP contribution < -0.4 is 9.62 Å². The molecule has 1 fully saturated rings. The summed E-state index contributed by atoms with van der Waals surface area (Å²) in [6.45, 7) is 2.03. The third-order valence-electron chi connectivity index (χ3n) is 5.25. The zero-order valence-corrected chi connectivity index (χ0v) is 17.9. The summed E-state index contributed by atoms with van der Waals surface area (Å²) >= 11 is 2.22. The molecule has 1 saturated heterocycles. The van der Waals surface area contributed by atoms with Crippen LogP contribution in [0.4, 0.5) is 23.4 Å². The highest BCUT2D eigenvalue weighted by Gasteiger charge is 2.49. The minimum absolute atomic E-state index is 0.0910. The summed E-state index contributed by atoms with van der Waals surface area (Å²) in [7, 11) is 0. The van der Waals surface area contributed by atoms with Crippen molar-refractivity contribution in [2.24, 2.45) is 11.8 Å². The minimum Gasteiger partial charge on any atom is -0.355 e. The Hall–Kier alpha value is -1.92. The number of anilines is 1. The van der Waals surface area contributed by atoms with Crippen molar-refractivity contribution in [1.29, 1.82) is 0 Å². The molecule has 3 aromatic rings. The van der Waals surface area contributed by atoms with Gasteiger partial charge in [0.15, 0.2) is 10.8 Å². The number of halogens is 4. The average molecular weight is 461 g/mol. The zero-order valence-electron chi connectivity index (χ0n) is 16.2. The summed E-state index contributed by atoms with van der Waals surface area (Å²) in [4.78, 5) is 15.1. The molecule has 1 N–H and O–H groups in total. The molecule has 0 amide bonds. The van der Waals surface area contributed by atoms with Gasteiger partial charge in [-0.15, -0.1) is 0 Å². The number of alkyl halides is 4. The van der Waals surface area contributed by atoms with Crippen molar-refractivity contribution in [2.75, 3.05) is 30.8 Å². The first-order chi connectivity index (χ1) is 14.3. The topological polar surface area (TPSA) is 58.3 Å². The maximum atomic E-state index is 14.6. The molecule has 4 heterocycles. The average Bonchev–Trinajstić information content (AvgIpc) is 3.30. The van der Waals surface area contributed by atoms with E-state index in [1.165, 1.54) is 35.7 Å². The first kappa shape index (κ1) is 21.3. The number of nitrogens with zero attached hydrogens (tertiary/aromatic N) is 5. The first-order valence-electron chi connectivity index (χ1n) is 9.28. The van der Waals surface area contributed by atoms with E-state index in [0.29, 0.717) is 22.3 Å². The number of piperidine rings is 1. The lowest BCUT2D eigenvalue weighted by Gasteiger charge is -2.43. The second kappa shape index (κ2) is 8.31. The molecular formula is C18H20F4N6S2. The fraction of sp³-hybridized carbons (Fsp3) is 0.500. The van der Waals surface area contributed by atoms with E-state index in [2.05, 4.69) is 19.7 Å².